The van der Waals surface area contributed by atoms with Crippen LogP contribution in [0.25, 0.3) is 0 Å². The summed E-state index contributed by atoms with van der Waals surface area (Å²) in [6, 6.07) is 1.33. The molecule has 0 spiro atoms. The zero-order chi connectivity index (χ0) is 5.28. The van der Waals surface area contributed by atoms with Crippen molar-refractivity contribution in [3.63, 3.8) is 0 Å². The Labute approximate surface area is 89.5 Å². The van der Waals surface area contributed by atoms with E-state index in [9.17, 15) is 5.11 Å². The minimum Gasteiger partial charge on any atom is -0.856 e. The molecule has 1 aromatic rings. The number of rotatable bonds is 0. The third kappa shape index (κ3) is 2.28. The zero-order valence-corrected chi connectivity index (χ0v) is 7.96. The molecule has 1 heterocycles. The smallest absolute Gasteiger partial charge is 0.856 e. The maximum Gasteiger partial charge on any atom is 1.00 e. The van der Waals surface area contributed by atoms with Gasteiger partial charge in [0.1, 0.15) is 5.76 Å². The molecule has 0 aliphatic carbocycles. The molecule has 0 aliphatic rings. The summed E-state index contributed by atoms with van der Waals surface area (Å²) < 4.78 is 4.40. The summed E-state index contributed by atoms with van der Waals surface area (Å²) in [6.45, 7) is 1.67. The molecule has 0 atom stereocenters. The average Bonchev–Trinajstić information content (AvgIpc) is 1.87. The molecule has 0 saturated carbocycles. The second kappa shape index (κ2) is 3.63. The Morgan fingerprint density at radius 1 is 1.75 bits per heavy atom. The summed E-state index contributed by atoms with van der Waals surface area (Å²) in [5.74, 6) is 0.252. The number of aryl methyl sites for hydroxylation is 1. The maximum absolute atomic E-state index is 10.1. The first-order valence-corrected chi connectivity index (χ1v) is 1.89. The fraction of sp³-hybridized carbons (Fsp3) is 0.250. The van der Waals surface area contributed by atoms with E-state index in [-0.39, 0.29) is 57.3 Å². The monoisotopic (exact) mass is 137 g/mol. The molecule has 0 saturated heterocycles. The van der Waals surface area contributed by atoms with Crippen molar-refractivity contribution in [2.75, 3.05) is 0 Å². The predicted molar refractivity (Wildman–Crippen MR) is 20.7 cm³/mol. The van der Waals surface area contributed by atoms with Gasteiger partial charge in [-0.1, -0.05) is 5.16 Å². The molecule has 0 aromatic carbocycles. The van der Waals surface area contributed by atoms with Crippen LogP contribution in [0.2, 0.25) is 0 Å². The van der Waals surface area contributed by atoms with Crippen molar-refractivity contribution in [2.24, 2.45) is 0 Å². The van der Waals surface area contributed by atoms with Crippen molar-refractivity contribution < 1.29 is 61.0 Å². The molecule has 3 nitrogen and oxygen atoms in total. The molecule has 38 valence electrons. The second-order valence-electron chi connectivity index (χ2n) is 1.28. The first kappa shape index (κ1) is 8.65. The van der Waals surface area contributed by atoms with Gasteiger partial charge in [0.15, 0.2) is 0 Å². The number of aromatic nitrogens is 1. The largest absolute Gasteiger partial charge is 1.00 e. The first-order valence-electron chi connectivity index (χ1n) is 1.89. The minimum atomic E-state index is -0.308. The third-order valence-electron chi connectivity index (χ3n) is 0.606. The van der Waals surface area contributed by atoms with E-state index < -0.39 is 0 Å². The van der Waals surface area contributed by atoms with Gasteiger partial charge in [-0.3, -0.25) is 0 Å². The SMILES string of the molecule is Cc1cc([O-])no1.[K+]. The fourth-order valence-corrected chi connectivity index (χ4v) is 0.344. The van der Waals surface area contributed by atoms with E-state index in [1.807, 2.05) is 0 Å². The minimum absolute atomic E-state index is 0. The Hall–Kier alpha value is 0.646. The third-order valence-corrected chi connectivity index (χ3v) is 0.606. The van der Waals surface area contributed by atoms with Crippen molar-refractivity contribution in [1.29, 1.82) is 0 Å². The van der Waals surface area contributed by atoms with Crippen molar-refractivity contribution in [2.45, 2.75) is 6.92 Å². The number of hydrogen-bond donors (Lipinski definition) is 0. The van der Waals surface area contributed by atoms with E-state index >= 15 is 0 Å². The number of hydrogen-bond acceptors (Lipinski definition) is 3. The predicted octanol–water partition coefficient (Wildman–Crippen LogP) is -2.94. The Bertz CT molecular complexity index is 146. The Balaban J connectivity index is 0.000000490. The molecule has 4 heteroatoms. The zero-order valence-electron chi connectivity index (χ0n) is 4.84. The van der Waals surface area contributed by atoms with Gasteiger partial charge in [0, 0.05) is 5.88 Å². The van der Waals surface area contributed by atoms with Crippen LogP contribution in [0.3, 0.4) is 0 Å². The normalized spacial score (nSPS) is 8.12. The average molecular weight is 137 g/mol. The van der Waals surface area contributed by atoms with Crippen LogP contribution in [0, 0.1) is 6.92 Å². The van der Waals surface area contributed by atoms with Crippen LogP contribution in [0.5, 0.6) is 5.88 Å². The molecule has 0 fully saturated rings. The van der Waals surface area contributed by atoms with Gasteiger partial charge >= 0.3 is 51.4 Å². The van der Waals surface area contributed by atoms with Gasteiger partial charge in [-0.05, 0) is 13.0 Å². The second-order valence-corrected chi connectivity index (χ2v) is 1.28. The molecular formula is C4H4KNO2. The van der Waals surface area contributed by atoms with Gasteiger partial charge in [0.05, 0.1) is 0 Å². The summed E-state index contributed by atoms with van der Waals surface area (Å²) in [4.78, 5) is 0. The summed E-state index contributed by atoms with van der Waals surface area (Å²) in [5, 5.41) is 13.2. The molecule has 1 rings (SSSR count). The van der Waals surface area contributed by atoms with E-state index in [1.54, 1.807) is 6.92 Å². The molecule has 0 unspecified atom stereocenters. The van der Waals surface area contributed by atoms with Crippen LogP contribution >= 0.6 is 0 Å². The summed E-state index contributed by atoms with van der Waals surface area (Å²) in [5.41, 5.74) is 0. The maximum atomic E-state index is 10.1. The van der Waals surface area contributed by atoms with Gasteiger partial charge in [-0.2, -0.15) is 0 Å². The molecular weight excluding hydrogens is 133 g/mol. The van der Waals surface area contributed by atoms with Crippen LogP contribution in [-0.2, 0) is 0 Å². The first-order chi connectivity index (χ1) is 3.29. The Morgan fingerprint density at radius 2 is 2.38 bits per heavy atom. The summed E-state index contributed by atoms with van der Waals surface area (Å²) >= 11 is 0. The van der Waals surface area contributed by atoms with Crippen LogP contribution in [0.15, 0.2) is 10.6 Å². The van der Waals surface area contributed by atoms with E-state index in [4.69, 9.17) is 0 Å². The summed E-state index contributed by atoms with van der Waals surface area (Å²) in [6.07, 6.45) is 0. The molecule has 8 heavy (non-hydrogen) atoms. The van der Waals surface area contributed by atoms with Crippen LogP contribution in [-0.4, -0.2) is 5.16 Å². The molecule has 0 aliphatic heterocycles. The van der Waals surface area contributed by atoms with Gasteiger partial charge in [-0.25, -0.2) is 0 Å². The Kier molecular flexibility index (Phi) is 3.92. The number of nitrogens with zero attached hydrogens (tertiary/aromatic N) is 1. The van der Waals surface area contributed by atoms with Crippen molar-refractivity contribution in [1.82, 2.24) is 5.16 Å². The van der Waals surface area contributed by atoms with Gasteiger partial charge in [0.25, 0.3) is 0 Å². The molecule has 0 radical (unpaired) electrons. The van der Waals surface area contributed by atoms with E-state index in [0.29, 0.717) is 5.76 Å². The summed E-state index contributed by atoms with van der Waals surface area (Å²) in [7, 11) is 0. The van der Waals surface area contributed by atoms with Crippen LogP contribution in [0.4, 0.5) is 0 Å². The van der Waals surface area contributed by atoms with Crippen molar-refractivity contribution >= 4 is 0 Å². The molecule has 0 amide bonds. The van der Waals surface area contributed by atoms with E-state index in [0.717, 1.165) is 0 Å². The fourth-order valence-electron chi connectivity index (χ4n) is 0.344. The Morgan fingerprint density at radius 3 is 2.50 bits per heavy atom. The molecule has 0 bridgehead atoms. The molecule has 1 aromatic heterocycles. The standard InChI is InChI=1S/C4H5NO2.K/c1-3-2-4(6)5-7-3;/h2H,1H3,(H,5,6);/q;+1/p-1. The van der Waals surface area contributed by atoms with Gasteiger partial charge in [-0.15, -0.1) is 0 Å². The molecule has 0 N–H and O–H groups in total. The van der Waals surface area contributed by atoms with Crippen LogP contribution in [0.1, 0.15) is 5.76 Å². The van der Waals surface area contributed by atoms with E-state index in [1.165, 1.54) is 6.07 Å². The van der Waals surface area contributed by atoms with E-state index in [2.05, 4.69) is 9.68 Å². The topological polar surface area (TPSA) is 49.1 Å². The quantitative estimate of drug-likeness (QED) is 0.359. The van der Waals surface area contributed by atoms with Crippen molar-refractivity contribution in [3.8, 4) is 5.88 Å². The van der Waals surface area contributed by atoms with Crippen LogP contribution < -0.4 is 56.5 Å². The van der Waals surface area contributed by atoms with Gasteiger partial charge in [0.2, 0.25) is 0 Å². The van der Waals surface area contributed by atoms with Crippen molar-refractivity contribution in [3.05, 3.63) is 11.8 Å². The van der Waals surface area contributed by atoms with Gasteiger partial charge < -0.3 is 9.63 Å².